The zero-order valence-electron chi connectivity index (χ0n) is 6.33. The van der Waals surface area contributed by atoms with Crippen molar-refractivity contribution < 1.29 is 14.2 Å². The van der Waals surface area contributed by atoms with Crippen molar-refractivity contribution >= 4 is 12.6 Å². The van der Waals surface area contributed by atoms with Gasteiger partial charge in [0.15, 0.2) is 0 Å². The molecule has 1 rings (SSSR count). The molecule has 0 radical (unpaired) electrons. The Bertz CT molecular complexity index is 265. The third kappa shape index (κ3) is 2.39. The van der Waals surface area contributed by atoms with Crippen LogP contribution in [0.5, 0.6) is 5.75 Å². The Kier molecular flexibility index (Phi) is 3.37. The zero-order valence-corrected chi connectivity index (χ0v) is 7.22. The molecule has 2 nitrogen and oxygen atoms in total. The van der Waals surface area contributed by atoms with Crippen LogP contribution >= 0.6 is 12.6 Å². The molecule has 0 aromatic heterocycles. The normalized spacial score (nSPS) is 9.92. The molecule has 0 aliphatic carbocycles. The number of halogens is 1. The highest BCUT2D eigenvalue weighted by Gasteiger charge is 1.99. The molecular formula is C8H9FO2S. The second-order valence-electron chi connectivity index (χ2n) is 2.19. The summed E-state index contributed by atoms with van der Waals surface area (Å²) in [5.74, 6) is -0.0203. The smallest absolute Gasteiger partial charge is 0.140 e. The lowest BCUT2D eigenvalue weighted by atomic mass is 10.3. The van der Waals surface area contributed by atoms with Gasteiger partial charge in [0.1, 0.15) is 18.2 Å². The first-order valence-corrected chi connectivity index (χ1v) is 3.91. The largest absolute Gasteiger partial charge is 0.491 e. The van der Waals surface area contributed by atoms with Crippen molar-refractivity contribution in [3.63, 3.8) is 0 Å². The topological polar surface area (TPSA) is 29.5 Å². The zero-order chi connectivity index (χ0) is 8.97. The predicted octanol–water partition coefficient (Wildman–Crippen LogP) is 1.49. The molecule has 66 valence electrons. The fourth-order valence-electron chi connectivity index (χ4n) is 0.741. The van der Waals surface area contributed by atoms with Crippen molar-refractivity contribution in [1.29, 1.82) is 0 Å². The molecule has 0 heterocycles. The van der Waals surface area contributed by atoms with Gasteiger partial charge in [0.05, 0.1) is 6.61 Å². The van der Waals surface area contributed by atoms with Gasteiger partial charge in [0.2, 0.25) is 0 Å². The highest BCUT2D eigenvalue weighted by atomic mass is 32.1. The number of rotatable bonds is 3. The van der Waals surface area contributed by atoms with E-state index in [0.717, 1.165) is 0 Å². The summed E-state index contributed by atoms with van der Waals surface area (Å²) in [6, 6.07) is 4.34. The SMILES string of the molecule is OCCOc1ccc(S)c(F)c1. The number of hydrogen-bond donors (Lipinski definition) is 2. The van der Waals surface area contributed by atoms with Crippen LogP contribution in [-0.2, 0) is 0 Å². The molecule has 4 heteroatoms. The van der Waals surface area contributed by atoms with Crippen LogP contribution in [0.15, 0.2) is 23.1 Å². The minimum absolute atomic E-state index is 0.0791. The van der Waals surface area contributed by atoms with E-state index in [2.05, 4.69) is 12.6 Å². The summed E-state index contributed by atoms with van der Waals surface area (Å²) in [4.78, 5) is 0.284. The number of ether oxygens (including phenoxy) is 1. The van der Waals surface area contributed by atoms with Gasteiger partial charge in [-0.3, -0.25) is 0 Å². The van der Waals surface area contributed by atoms with E-state index in [4.69, 9.17) is 9.84 Å². The van der Waals surface area contributed by atoms with E-state index in [9.17, 15) is 4.39 Å². The van der Waals surface area contributed by atoms with Crippen LogP contribution in [0, 0.1) is 5.82 Å². The van der Waals surface area contributed by atoms with Crippen molar-refractivity contribution in [2.45, 2.75) is 4.90 Å². The molecule has 12 heavy (non-hydrogen) atoms. The highest BCUT2D eigenvalue weighted by Crippen LogP contribution is 2.18. The molecule has 0 fully saturated rings. The van der Waals surface area contributed by atoms with Crippen molar-refractivity contribution in [2.24, 2.45) is 0 Å². The van der Waals surface area contributed by atoms with Crippen LogP contribution in [0.25, 0.3) is 0 Å². The van der Waals surface area contributed by atoms with Gasteiger partial charge in [0.25, 0.3) is 0 Å². The van der Waals surface area contributed by atoms with E-state index >= 15 is 0 Å². The number of thiol groups is 1. The molecule has 0 bridgehead atoms. The summed E-state index contributed by atoms with van der Waals surface area (Å²) in [5.41, 5.74) is 0. The number of benzene rings is 1. The summed E-state index contributed by atoms with van der Waals surface area (Å²) in [5, 5.41) is 8.42. The second kappa shape index (κ2) is 4.33. The molecule has 0 unspecified atom stereocenters. The van der Waals surface area contributed by atoms with Crippen LogP contribution in [0.4, 0.5) is 4.39 Å². The average Bonchev–Trinajstić information content (AvgIpc) is 2.07. The van der Waals surface area contributed by atoms with Crippen molar-refractivity contribution in [3.05, 3.63) is 24.0 Å². The monoisotopic (exact) mass is 188 g/mol. The molecule has 1 aromatic carbocycles. The van der Waals surface area contributed by atoms with E-state index < -0.39 is 5.82 Å². The average molecular weight is 188 g/mol. The van der Waals surface area contributed by atoms with Gasteiger partial charge in [-0.1, -0.05) is 0 Å². The Hall–Kier alpha value is -0.740. The summed E-state index contributed by atoms with van der Waals surface area (Å²) in [6.45, 7) is 0.0929. The first kappa shape index (κ1) is 9.35. The van der Waals surface area contributed by atoms with E-state index in [1.165, 1.54) is 12.1 Å². The molecular weight excluding hydrogens is 179 g/mol. The van der Waals surface area contributed by atoms with Gasteiger partial charge in [-0.2, -0.15) is 0 Å². The fraction of sp³-hybridized carbons (Fsp3) is 0.250. The van der Waals surface area contributed by atoms with Gasteiger partial charge < -0.3 is 9.84 Å². The van der Waals surface area contributed by atoms with Crippen LogP contribution < -0.4 is 4.74 Å². The quantitative estimate of drug-likeness (QED) is 0.704. The first-order chi connectivity index (χ1) is 5.74. The van der Waals surface area contributed by atoms with E-state index in [0.29, 0.717) is 5.75 Å². The maximum absolute atomic E-state index is 12.8. The Morgan fingerprint density at radius 3 is 2.83 bits per heavy atom. The standard InChI is InChI=1S/C8H9FO2S/c9-7-5-6(11-4-3-10)1-2-8(7)12/h1-2,5,10,12H,3-4H2. The predicted molar refractivity (Wildman–Crippen MR) is 46.2 cm³/mol. The van der Waals surface area contributed by atoms with E-state index in [-0.39, 0.29) is 18.1 Å². The molecule has 0 saturated carbocycles. The third-order valence-corrected chi connectivity index (χ3v) is 1.64. The molecule has 0 atom stereocenters. The molecule has 0 amide bonds. The first-order valence-electron chi connectivity index (χ1n) is 3.46. The Labute approximate surface area is 75.4 Å². The van der Waals surface area contributed by atoms with Gasteiger partial charge in [-0.15, -0.1) is 12.6 Å². The van der Waals surface area contributed by atoms with Gasteiger partial charge in [-0.05, 0) is 12.1 Å². The highest BCUT2D eigenvalue weighted by molar-refractivity contribution is 7.80. The lowest BCUT2D eigenvalue weighted by Gasteiger charge is -2.04. The van der Waals surface area contributed by atoms with Crippen LogP contribution in [0.1, 0.15) is 0 Å². The van der Waals surface area contributed by atoms with Crippen LogP contribution in [0.2, 0.25) is 0 Å². The summed E-state index contributed by atoms with van der Waals surface area (Å²) in [7, 11) is 0. The van der Waals surface area contributed by atoms with Crippen molar-refractivity contribution in [2.75, 3.05) is 13.2 Å². The molecule has 0 saturated heterocycles. The van der Waals surface area contributed by atoms with Gasteiger partial charge in [-0.25, -0.2) is 4.39 Å². The van der Waals surface area contributed by atoms with Gasteiger partial charge >= 0.3 is 0 Å². The molecule has 0 aliphatic heterocycles. The molecule has 1 aromatic rings. The number of hydrogen-bond acceptors (Lipinski definition) is 3. The van der Waals surface area contributed by atoms with E-state index in [1.54, 1.807) is 6.07 Å². The lowest BCUT2D eigenvalue weighted by molar-refractivity contribution is 0.201. The summed E-state index contributed by atoms with van der Waals surface area (Å²) < 4.78 is 17.8. The maximum Gasteiger partial charge on any atom is 0.140 e. The minimum atomic E-state index is -0.422. The van der Waals surface area contributed by atoms with Crippen LogP contribution in [-0.4, -0.2) is 18.3 Å². The minimum Gasteiger partial charge on any atom is -0.491 e. The summed E-state index contributed by atoms with van der Waals surface area (Å²) >= 11 is 3.86. The number of aliphatic hydroxyl groups excluding tert-OH is 1. The Balaban J connectivity index is 2.69. The number of aliphatic hydroxyl groups is 1. The Morgan fingerprint density at radius 2 is 2.25 bits per heavy atom. The van der Waals surface area contributed by atoms with E-state index in [1.807, 2.05) is 0 Å². The maximum atomic E-state index is 12.8. The van der Waals surface area contributed by atoms with Crippen molar-refractivity contribution in [3.8, 4) is 5.75 Å². The second-order valence-corrected chi connectivity index (χ2v) is 2.67. The van der Waals surface area contributed by atoms with Crippen molar-refractivity contribution in [1.82, 2.24) is 0 Å². The van der Waals surface area contributed by atoms with Crippen LogP contribution in [0.3, 0.4) is 0 Å². The fourth-order valence-corrected chi connectivity index (χ4v) is 0.880. The lowest BCUT2D eigenvalue weighted by Crippen LogP contribution is -2.01. The molecule has 0 spiro atoms. The summed E-state index contributed by atoms with van der Waals surface area (Å²) in [6.07, 6.45) is 0. The third-order valence-electron chi connectivity index (χ3n) is 1.28. The Morgan fingerprint density at radius 1 is 1.50 bits per heavy atom. The van der Waals surface area contributed by atoms with Gasteiger partial charge in [0, 0.05) is 11.0 Å². The molecule has 1 N–H and O–H groups in total. The molecule has 0 aliphatic rings.